The highest BCUT2D eigenvalue weighted by atomic mass is 127. The third-order valence-corrected chi connectivity index (χ3v) is 5.03. The first kappa shape index (κ1) is 17.9. The monoisotopic (exact) mass is 410 g/mol. The molecule has 4 nitrogen and oxygen atoms in total. The van der Waals surface area contributed by atoms with Crippen LogP contribution >= 0.6 is 0 Å². The van der Waals surface area contributed by atoms with E-state index >= 15 is 0 Å². The zero-order valence-corrected chi connectivity index (χ0v) is 13.9. The average Bonchev–Trinajstić information content (AvgIpc) is 2.49. The van der Waals surface area contributed by atoms with Crippen LogP contribution in [-0.2, 0) is 9.59 Å². The van der Waals surface area contributed by atoms with E-state index in [0.717, 1.165) is 0 Å². The number of aliphatic carboxylic acids is 2. The Morgan fingerprint density at radius 2 is 1.36 bits per heavy atom. The Morgan fingerprint density at radius 1 is 0.955 bits per heavy atom. The molecule has 0 heterocycles. The van der Waals surface area contributed by atoms with Gasteiger partial charge >= 0.3 is 27.2 Å². The van der Waals surface area contributed by atoms with Crippen molar-refractivity contribution in [2.75, 3.05) is 0 Å². The van der Waals surface area contributed by atoms with Gasteiger partial charge in [-0.2, -0.15) is 0 Å². The molecule has 0 saturated heterocycles. The summed E-state index contributed by atoms with van der Waals surface area (Å²) in [7, 11) is 0. The van der Waals surface area contributed by atoms with Crippen LogP contribution in [0.15, 0.2) is 72.8 Å². The van der Waals surface area contributed by atoms with Gasteiger partial charge in [0.25, 0.3) is 0 Å². The number of rotatable bonds is 5. The number of halogens is 1. The summed E-state index contributed by atoms with van der Waals surface area (Å²) in [6.07, 6.45) is -0.616. The van der Waals surface area contributed by atoms with Crippen molar-refractivity contribution in [3.05, 3.63) is 80.0 Å². The molecule has 0 aliphatic carbocycles. The predicted octanol–water partition coefficient (Wildman–Crippen LogP) is -1.42. The van der Waals surface area contributed by atoms with Crippen molar-refractivity contribution in [3.8, 4) is 0 Å². The van der Waals surface area contributed by atoms with Crippen molar-refractivity contribution in [2.24, 2.45) is 0 Å². The van der Waals surface area contributed by atoms with Gasteiger partial charge < -0.3 is 15.0 Å². The Hall–Kier alpha value is -2.15. The van der Waals surface area contributed by atoms with Crippen LogP contribution in [0.1, 0.15) is 6.42 Å². The van der Waals surface area contributed by atoms with Crippen LogP contribution in [-0.4, -0.2) is 17.0 Å². The number of hydrogen-bond acceptors (Lipinski definition) is 3. The van der Waals surface area contributed by atoms with Crippen molar-refractivity contribution in [2.45, 2.75) is 6.42 Å². The average molecular weight is 410 g/mol. The molecule has 0 spiro atoms. The van der Waals surface area contributed by atoms with Gasteiger partial charge in [0, 0.05) is 18.0 Å². The molecule has 0 unspecified atom stereocenters. The van der Waals surface area contributed by atoms with Gasteiger partial charge in [-0.15, -0.1) is 0 Å². The summed E-state index contributed by atoms with van der Waals surface area (Å²) in [6, 6.07) is 21.4. The van der Waals surface area contributed by atoms with Crippen molar-refractivity contribution < 1.29 is 41.0 Å². The van der Waals surface area contributed by atoms with E-state index in [4.69, 9.17) is 5.11 Å². The summed E-state index contributed by atoms with van der Waals surface area (Å²) in [5.41, 5.74) is -0.366. The molecule has 0 fully saturated rings. The van der Waals surface area contributed by atoms with Crippen LogP contribution in [0.2, 0.25) is 0 Å². The molecule has 2 rings (SSSR count). The highest BCUT2D eigenvalue weighted by molar-refractivity contribution is 5.90. The Kier molecular flexibility index (Phi) is 7.91. The summed E-state index contributed by atoms with van der Waals surface area (Å²) in [6.45, 7) is 2.97. The van der Waals surface area contributed by atoms with Gasteiger partial charge in [-0.3, -0.25) is 0 Å². The van der Waals surface area contributed by atoms with Crippen LogP contribution in [0, 0.1) is 7.14 Å². The first-order valence-corrected chi connectivity index (χ1v) is 8.50. The molecule has 0 bridgehead atoms. The Balaban J connectivity index is 0.000000239. The van der Waals surface area contributed by atoms with Crippen LogP contribution in [0.5, 0.6) is 0 Å². The van der Waals surface area contributed by atoms with Crippen molar-refractivity contribution in [1.82, 2.24) is 0 Å². The molecule has 0 amide bonds. The minimum atomic E-state index is -1.43. The van der Waals surface area contributed by atoms with E-state index in [1.165, 1.54) is 7.14 Å². The summed E-state index contributed by atoms with van der Waals surface area (Å²) in [5, 5.41) is 17.7. The fourth-order valence-electron chi connectivity index (χ4n) is 1.33. The van der Waals surface area contributed by atoms with Crippen LogP contribution in [0.3, 0.4) is 0 Å². The largest absolute Gasteiger partial charge is 0.550 e. The first-order valence-electron chi connectivity index (χ1n) is 6.35. The molecule has 0 aliphatic rings. The van der Waals surface area contributed by atoms with Gasteiger partial charge in [0.05, 0.1) is 0 Å². The van der Waals surface area contributed by atoms with E-state index in [2.05, 4.69) is 67.2 Å². The van der Waals surface area contributed by atoms with E-state index in [9.17, 15) is 14.7 Å². The molecule has 2 aromatic carbocycles. The lowest BCUT2D eigenvalue weighted by atomic mass is 10.2. The van der Waals surface area contributed by atoms with Crippen molar-refractivity contribution >= 4 is 11.9 Å². The molecule has 114 valence electrons. The highest BCUT2D eigenvalue weighted by Crippen LogP contribution is 1.94. The molecule has 0 aliphatic heterocycles. The summed E-state index contributed by atoms with van der Waals surface area (Å²) in [5.74, 6) is -2.73. The Bertz CT molecular complexity index is 586. The lowest BCUT2D eigenvalue weighted by Crippen LogP contribution is -3.61. The van der Waals surface area contributed by atoms with Gasteiger partial charge in [-0.05, 0) is 24.3 Å². The topological polar surface area (TPSA) is 77.4 Å². The van der Waals surface area contributed by atoms with E-state index in [0.29, 0.717) is 0 Å². The van der Waals surface area contributed by atoms with E-state index in [1.807, 2.05) is 0 Å². The lowest BCUT2D eigenvalue weighted by molar-refractivity contribution is -0.597. The second-order valence-corrected chi connectivity index (χ2v) is 7.17. The summed E-state index contributed by atoms with van der Waals surface area (Å²) >= 11 is 0.0287. The summed E-state index contributed by atoms with van der Waals surface area (Å²) < 4.78 is 2.96. The maximum atomic E-state index is 9.84. The molecule has 0 atom stereocenters. The number of carbonyl (C=O) groups is 2. The van der Waals surface area contributed by atoms with Crippen molar-refractivity contribution in [1.29, 1.82) is 0 Å². The minimum absolute atomic E-state index is 0.0287. The number of hydrogen-bond donors (Lipinski definition) is 1. The van der Waals surface area contributed by atoms with Gasteiger partial charge in [0.2, 0.25) is 0 Å². The molecule has 22 heavy (non-hydrogen) atoms. The molecule has 5 heteroatoms. The normalized spacial score (nSPS) is 9.27. The van der Waals surface area contributed by atoms with Crippen molar-refractivity contribution in [3.63, 3.8) is 0 Å². The maximum Gasteiger partial charge on any atom is 0.357 e. The highest BCUT2D eigenvalue weighted by Gasteiger charge is 2.12. The lowest BCUT2D eigenvalue weighted by Gasteiger charge is -1.98. The Morgan fingerprint density at radius 3 is 1.64 bits per heavy atom. The first-order chi connectivity index (χ1) is 10.5. The zero-order valence-electron chi connectivity index (χ0n) is 11.7. The quantitative estimate of drug-likeness (QED) is 0.485. The van der Waals surface area contributed by atoms with Gasteiger partial charge in [0.15, 0.2) is 7.14 Å². The molecule has 1 N–H and O–H groups in total. The van der Waals surface area contributed by atoms with Crippen LogP contribution in [0.25, 0.3) is 0 Å². The van der Waals surface area contributed by atoms with Crippen LogP contribution in [0.4, 0.5) is 0 Å². The summed E-state index contributed by atoms with van der Waals surface area (Å²) in [4.78, 5) is 19.5. The van der Waals surface area contributed by atoms with E-state index in [-0.39, 0.29) is 26.8 Å². The third kappa shape index (κ3) is 7.58. The van der Waals surface area contributed by atoms with Crippen LogP contribution < -0.4 is 26.3 Å². The number of carbonyl (C=O) groups excluding carboxylic acids is 1. The molecule has 0 aromatic heterocycles. The number of benzene rings is 2. The SMILES string of the molecule is C=C(CC(=O)[O-])C(=O)O.c1ccc([I+]c2ccccc2)cc1. The van der Waals surface area contributed by atoms with E-state index < -0.39 is 18.4 Å². The second kappa shape index (κ2) is 9.73. The third-order valence-electron chi connectivity index (χ3n) is 2.34. The smallest absolute Gasteiger partial charge is 0.357 e. The fourth-order valence-corrected chi connectivity index (χ4v) is 3.60. The predicted molar refractivity (Wildman–Crippen MR) is 76.7 cm³/mol. The molecular formula is C17H15IO4. The molecule has 0 radical (unpaired) electrons. The number of carboxylic acids is 2. The minimum Gasteiger partial charge on any atom is -0.550 e. The second-order valence-electron chi connectivity index (χ2n) is 4.14. The van der Waals surface area contributed by atoms with Gasteiger partial charge in [0.1, 0.15) is 0 Å². The van der Waals surface area contributed by atoms with Gasteiger partial charge in [-0.1, -0.05) is 43.0 Å². The zero-order chi connectivity index (χ0) is 16.4. The van der Waals surface area contributed by atoms with E-state index in [1.54, 1.807) is 0 Å². The molecule has 2 aromatic rings. The number of carboxylic acid groups (broad SMARTS) is 2. The molecular weight excluding hydrogens is 395 g/mol. The van der Waals surface area contributed by atoms with Gasteiger partial charge in [-0.25, -0.2) is 4.79 Å². The fraction of sp³-hybridized carbons (Fsp3) is 0.0588. The maximum absolute atomic E-state index is 9.84. The standard InChI is InChI=1S/C12H10I.C5H6O4/c1-3-7-11(8-4-1)13-12-9-5-2-6-10-12;1-3(5(8)9)2-4(6)7/h1-10H;1-2H2,(H,6,7)(H,8,9)/q+1;/p-1. The Labute approximate surface area is 139 Å². The molecule has 0 saturated carbocycles.